The highest BCUT2D eigenvalue weighted by Gasteiger charge is 2.20. The summed E-state index contributed by atoms with van der Waals surface area (Å²) in [5.74, 6) is 1.10. The zero-order valence-corrected chi connectivity index (χ0v) is 19.5. The molecular weight excluding hydrogens is 460 g/mol. The standard InChI is InChI=1S/C24H27F2N5O2S/c25-23(26)33-20-10-8-18(9-11-20)12-13-27-22(32)17-34-24-29-28-21(16-30-14-4-5-15-30)31(24)19-6-2-1-3-7-19/h1-3,6-11,23H,4-5,12-17H2,(H,27,32). The molecule has 3 aromatic rings. The second kappa shape index (κ2) is 11.9. The topological polar surface area (TPSA) is 72.3 Å². The van der Waals surface area contributed by atoms with E-state index in [1.54, 1.807) is 12.1 Å². The van der Waals surface area contributed by atoms with Gasteiger partial charge < -0.3 is 10.1 Å². The maximum absolute atomic E-state index is 12.4. The summed E-state index contributed by atoms with van der Waals surface area (Å²) in [5, 5.41) is 12.4. The van der Waals surface area contributed by atoms with E-state index in [-0.39, 0.29) is 17.4 Å². The molecule has 1 saturated heterocycles. The molecule has 10 heteroatoms. The fourth-order valence-corrected chi connectivity index (χ4v) is 4.64. The second-order valence-electron chi connectivity index (χ2n) is 7.96. The van der Waals surface area contributed by atoms with Gasteiger partial charge in [0.15, 0.2) is 11.0 Å². The molecule has 2 heterocycles. The molecule has 2 aromatic carbocycles. The summed E-state index contributed by atoms with van der Waals surface area (Å²) in [7, 11) is 0. The lowest BCUT2D eigenvalue weighted by molar-refractivity contribution is -0.118. The monoisotopic (exact) mass is 487 g/mol. The average molecular weight is 488 g/mol. The van der Waals surface area contributed by atoms with Gasteiger partial charge in [-0.25, -0.2) is 0 Å². The average Bonchev–Trinajstić information content (AvgIpc) is 3.49. The molecule has 1 amide bonds. The largest absolute Gasteiger partial charge is 0.435 e. The highest BCUT2D eigenvalue weighted by molar-refractivity contribution is 7.99. The van der Waals surface area contributed by atoms with Gasteiger partial charge in [-0.2, -0.15) is 8.78 Å². The van der Waals surface area contributed by atoms with Crippen molar-refractivity contribution in [3.8, 4) is 11.4 Å². The molecule has 180 valence electrons. The summed E-state index contributed by atoms with van der Waals surface area (Å²) in [6.45, 7) is 0.463. The van der Waals surface area contributed by atoms with Crippen LogP contribution in [0.25, 0.3) is 5.69 Å². The fraction of sp³-hybridized carbons (Fsp3) is 0.375. The van der Waals surface area contributed by atoms with Crippen molar-refractivity contribution in [2.24, 2.45) is 0 Å². The van der Waals surface area contributed by atoms with Crippen LogP contribution in [0, 0.1) is 0 Å². The van der Waals surface area contributed by atoms with Gasteiger partial charge in [-0.1, -0.05) is 42.1 Å². The first-order chi connectivity index (χ1) is 16.6. The molecule has 7 nitrogen and oxygen atoms in total. The molecule has 0 aliphatic carbocycles. The maximum atomic E-state index is 12.4. The van der Waals surface area contributed by atoms with Crippen molar-refractivity contribution in [1.29, 1.82) is 0 Å². The van der Waals surface area contributed by atoms with Gasteiger partial charge in [0.25, 0.3) is 0 Å². The lowest BCUT2D eigenvalue weighted by Gasteiger charge is -2.16. The van der Waals surface area contributed by atoms with E-state index in [2.05, 4.69) is 25.2 Å². The first kappa shape index (κ1) is 24.2. The first-order valence-electron chi connectivity index (χ1n) is 11.2. The van der Waals surface area contributed by atoms with Crippen LogP contribution in [0.5, 0.6) is 5.75 Å². The van der Waals surface area contributed by atoms with Crippen LogP contribution < -0.4 is 10.1 Å². The van der Waals surface area contributed by atoms with Crippen LogP contribution in [-0.2, 0) is 17.8 Å². The van der Waals surface area contributed by atoms with E-state index < -0.39 is 6.61 Å². The van der Waals surface area contributed by atoms with Crippen molar-refractivity contribution < 1.29 is 18.3 Å². The Labute approximate surface area is 201 Å². The Kier molecular flexibility index (Phi) is 8.48. The summed E-state index contributed by atoms with van der Waals surface area (Å²) in [5.41, 5.74) is 1.90. The summed E-state index contributed by atoms with van der Waals surface area (Å²) in [4.78, 5) is 14.8. The lowest BCUT2D eigenvalue weighted by Crippen LogP contribution is -2.27. The zero-order valence-electron chi connectivity index (χ0n) is 18.7. The van der Waals surface area contributed by atoms with Crippen LogP contribution in [0.2, 0.25) is 0 Å². The number of nitrogens with one attached hydrogen (secondary N) is 1. The van der Waals surface area contributed by atoms with Crippen LogP contribution in [0.15, 0.2) is 59.8 Å². The van der Waals surface area contributed by atoms with Crippen molar-refractivity contribution in [3.63, 3.8) is 0 Å². The van der Waals surface area contributed by atoms with Gasteiger partial charge >= 0.3 is 6.61 Å². The van der Waals surface area contributed by atoms with Crippen molar-refractivity contribution >= 4 is 17.7 Å². The van der Waals surface area contributed by atoms with E-state index in [0.717, 1.165) is 36.7 Å². The molecule has 1 N–H and O–H groups in total. The summed E-state index contributed by atoms with van der Waals surface area (Å²) >= 11 is 1.35. The number of alkyl halides is 2. The van der Waals surface area contributed by atoms with Gasteiger partial charge in [-0.15, -0.1) is 10.2 Å². The third-order valence-corrected chi connectivity index (χ3v) is 6.42. The Balaban J connectivity index is 1.31. The Morgan fingerprint density at radius 3 is 2.50 bits per heavy atom. The quantitative estimate of drug-likeness (QED) is 0.414. The number of benzene rings is 2. The van der Waals surface area contributed by atoms with Gasteiger partial charge in [0.05, 0.1) is 12.3 Å². The molecule has 0 atom stereocenters. The van der Waals surface area contributed by atoms with Crippen molar-refractivity contribution in [2.75, 3.05) is 25.4 Å². The molecule has 1 fully saturated rings. The molecule has 0 bridgehead atoms. The number of hydrogen-bond donors (Lipinski definition) is 1. The van der Waals surface area contributed by atoms with Crippen molar-refractivity contribution in [2.45, 2.75) is 37.6 Å². The number of ether oxygens (including phenoxy) is 1. The third-order valence-electron chi connectivity index (χ3n) is 5.50. The maximum Gasteiger partial charge on any atom is 0.387 e. The number of halogens is 2. The zero-order chi connectivity index (χ0) is 23.8. The molecule has 4 rings (SSSR count). The Bertz CT molecular complexity index is 1060. The Morgan fingerprint density at radius 2 is 1.79 bits per heavy atom. The number of hydrogen-bond acceptors (Lipinski definition) is 6. The minimum absolute atomic E-state index is 0.105. The molecule has 34 heavy (non-hydrogen) atoms. The lowest BCUT2D eigenvalue weighted by atomic mass is 10.1. The molecule has 1 aromatic heterocycles. The normalized spacial score (nSPS) is 14.0. The van der Waals surface area contributed by atoms with Crippen LogP contribution in [0.4, 0.5) is 8.78 Å². The van der Waals surface area contributed by atoms with Crippen LogP contribution in [-0.4, -0.2) is 57.6 Å². The SMILES string of the molecule is O=C(CSc1nnc(CN2CCCC2)n1-c1ccccc1)NCCc1ccc(OC(F)F)cc1. The van der Waals surface area contributed by atoms with Gasteiger partial charge in [0, 0.05) is 12.2 Å². The molecule has 0 unspecified atom stereocenters. The van der Waals surface area contributed by atoms with E-state index in [9.17, 15) is 13.6 Å². The molecule has 1 aliphatic rings. The first-order valence-corrected chi connectivity index (χ1v) is 12.2. The van der Waals surface area contributed by atoms with E-state index in [1.165, 1.54) is 36.7 Å². The Morgan fingerprint density at radius 1 is 1.06 bits per heavy atom. The highest BCUT2D eigenvalue weighted by atomic mass is 32.2. The second-order valence-corrected chi connectivity index (χ2v) is 8.91. The van der Waals surface area contributed by atoms with Crippen molar-refractivity contribution in [3.05, 3.63) is 66.0 Å². The van der Waals surface area contributed by atoms with Crippen molar-refractivity contribution in [1.82, 2.24) is 25.0 Å². The number of aromatic nitrogens is 3. The van der Waals surface area contributed by atoms with Crippen LogP contribution in [0.1, 0.15) is 24.2 Å². The van der Waals surface area contributed by atoms with E-state index in [4.69, 9.17) is 0 Å². The third kappa shape index (κ3) is 6.77. The van der Waals surface area contributed by atoms with E-state index in [0.29, 0.717) is 18.1 Å². The minimum atomic E-state index is -2.84. The predicted molar refractivity (Wildman–Crippen MR) is 126 cm³/mol. The highest BCUT2D eigenvalue weighted by Crippen LogP contribution is 2.23. The number of amides is 1. The van der Waals surface area contributed by atoms with E-state index >= 15 is 0 Å². The number of para-hydroxylation sites is 1. The van der Waals surface area contributed by atoms with Gasteiger partial charge in [0.2, 0.25) is 5.91 Å². The van der Waals surface area contributed by atoms with Gasteiger partial charge in [0.1, 0.15) is 5.75 Å². The van der Waals surface area contributed by atoms with Gasteiger partial charge in [-0.3, -0.25) is 14.3 Å². The summed E-state index contributed by atoms with van der Waals surface area (Å²) in [6.07, 6.45) is 3.00. The summed E-state index contributed by atoms with van der Waals surface area (Å²) < 4.78 is 30.8. The minimum Gasteiger partial charge on any atom is -0.435 e. The number of rotatable bonds is 11. The summed E-state index contributed by atoms with van der Waals surface area (Å²) in [6, 6.07) is 16.4. The number of carbonyl (C=O) groups is 1. The smallest absolute Gasteiger partial charge is 0.387 e. The van der Waals surface area contributed by atoms with Crippen LogP contribution >= 0.6 is 11.8 Å². The molecule has 1 aliphatic heterocycles. The number of nitrogens with zero attached hydrogens (tertiary/aromatic N) is 4. The number of carbonyl (C=O) groups excluding carboxylic acids is 1. The molecule has 0 saturated carbocycles. The van der Waals surface area contributed by atoms with Gasteiger partial charge in [-0.05, 0) is 62.2 Å². The predicted octanol–water partition coefficient (Wildman–Crippen LogP) is 3.92. The van der Waals surface area contributed by atoms with Crippen LogP contribution in [0.3, 0.4) is 0 Å². The molecule has 0 spiro atoms. The Hall–Kier alpha value is -2.98. The number of likely N-dealkylation sites (tertiary alicyclic amines) is 1. The number of thioether (sulfide) groups is 1. The molecule has 0 radical (unpaired) electrons. The van der Waals surface area contributed by atoms with E-state index in [1.807, 2.05) is 34.9 Å². The fourth-order valence-electron chi connectivity index (χ4n) is 3.84. The molecular formula is C24H27F2N5O2S.